The molecular formula is C20H23ClN2O4. The molecule has 0 radical (unpaired) electrons. The van der Waals surface area contributed by atoms with Crippen LogP contribution >= 0.6 is 11.6 Å². The van der Waals surface area contributed by atoms with Gasteiger partial charge < -0.3 is 20.1 Å². The van der Waals surface area contributed by atoms with Crippen LogP contribution in [0.4, 0.5) is 0 Å². The Hall–Kier alpha value is -2.73. The maximum absolute atomic E-state index is 11.8. The van der Waals surface area contributed by atoms with Gasteiger partial charge >= 0.3 is 0 Å². The second-order valence-corrected chi connectivity index (χ2v) is 6.20. The first-order valence-electron chi connectivity index (χ1n) is 8.62. The van der Waals surface area contributed by atoms with Gasteiger partial charge in [-0.2, -0.15) is 0 Å². The van der Waals surface area contributed by atoms with Gasteiger partial charge in [0.05, 0.1) is 7.11 Å². The minimum absolute atomic E-state index is 0.0653. The third-order valence-corrected chi connectivity index (χ3v) is 4.00. The highest BCUT2D eigenvalue weighted by Gasteiger charge is 2.07. The van der Waals surface area contributed by atoms with E-state index in [9.17, 15) is 9.59 Å². The summed E-state index contributed by atoms with van der Waals surface area (Å²) < 4.78 is 10.6. The predicted octanol–water partition coefficient (Wildman–Crippen LogP) is 2.59. The van der Waals surface area contributed by atoms with E-state index in [4.69, 9.17) is 21.1 Å². The molecule has 0 aliphatic rings. The molecule has 0 aromatic heterocycles. The molecule has 0 spiro atoms. The topological polar surface area (TPSA) is 76.7 Å². The molecule has 6 nitrogen and oxygen atoms in total. The maximum atomic E-state index is 11.8. The third-order valence-electron chi connectivity index (χ3n) is 3.75. The van der Waals surface area contributed by atoms with Crippen molar-refractivity contribution in [3.8, 4) is 11.5 Å². The number of rotatable bonds is 10. The minimum Gasteiger partial charge on any atom is -0.493 e. The standard InChI is InChI=1S/C20H23ClN2O4/c1-26-17-4-2-3-5-18(17)27-14-20(25)23-13-12-22-19(24)11-8-15-6-9-16(21)10-7-15/h2-7,9-10H,8,11-14H2,1H3,(H,22,24)(H,23,25). The Morgan fingerprint density at radius 3 is 2.22 bits per heavy atom. The second-order valence-electron chi connectivity index (χ2n) is 5.77. The first-order valence-corrected chi connectivity index (χ1v) is 9.00. The molecule has 2 rings (SSSR count). The molecule has 0 aliphatic heterocycles. The summed E-state index contributed by atoms with van der Waals surface area (Å²) >= 11 is 5.83. The van der Waals surface area contributed by atoms with Crippen molar-refractivity contribution < 1.29 is 19.1 Å². The lowest BCUT2D eigenvalue weighted by atomic mass is 10.1. The lowest BCUT2D eigenvalue weighted by Crippen LogP contribution is -2.36. The van der Waals surface area contributed by atoms with E-state index in [0.29, 0.717) is 42.5 Å². The van der Waals surface area contributed by atoms with Gasteiger partial charge in [0, 0.05) is 24.5 Å². The number of carbonyl (C=O) groups is 2. The van der Waals surface area contributed by atoms with Gasteiger partial charge in [0.15, 0.2) is 18.1 Å². The van der Waals surface area contributed by atoms with Gasteiger partial charge in [0.25, 0.3) is 5.91 Å². The Bertz CT molecular complexity index is 750. The number of hydrogen-bond acceptors (Lipinski definition) is 4. The molecule has 2 aromatic carbocycles. The Kier molecular flexibility index (Phi) is 8.45. The zero-order valence-electron chi connectivity index (χ0n) is 15.2. The summed E-state index contributed by atoms with van der Waals surface area (Å²) in [5.41, 5.74) is 1.05. The average molecular weight is 391 g/mol. The number of hydrogen-bond donors (Lipinski definition) is 2. The summed E-state index contributed by atoms with van der Waals surface area (Å²) in [7, 11) is 1.54. The monoisotopic (exact) mass is 390 g/mol. The summed E-state index contributed by atoms with van der Waals surface area (Å²) in [4.78, 5) is 23.6. The number of methoxy groups -OCH3 is 1. The molecule has 0 bridgehead atoms. The molecule has 0 heterocycles. The molecule has 7 heteroatoms. The Balaban J connectivity index is 1.58. The van der Waals surface area contributed by atoms with Crippen molar-refractivity contribution >= 4 is 23.4 Å². The molecule has 2 amide bonds. The molecule has 0 unspecified atom stereocenters. The Labute approximate surface area is 163 Å². The third kappa shape index (κ3) is 7.58. The largest absolute Gasteiger partial charge is 0.493 e. The summed E-state index contributed by atoms with van der Waals surface area (Å²) in [5.74, 6) is 0.740. The first kappa shape index (κ1) is 20.6. The van der Waals surface area contributed by atoms with Gasteiger partial charge in [-0.05, 0) is 36.2 Å². The van der Waals surface area contributed by atoms with E-state index in [1.54, 1.807) is 30.3 Å². The van der Waals surface area contributed by atoms with Gasteiger partial charge in [0.2, 0.25) is 5.91 Å². The number of benzene rings is 2. The molecular weight excluding hydrogens is 368 g/mol. The minimum atomic E-state index is -0.267. The van der Waals surface area contributed by atoms with Gasteiger partial charge in [-0.3, -0.25) is 9.59 Å². The summed E-state index contributed by atoms with van der Waals surface area (Å²) in [6, 6.07) is 14.5. The molecule has 27 heavy (non-hydrogen) atoms. The number of halogens is 1. The highest BCUT2D eigenvalue weighted by Crippen LogP contribution is 2.25. The van der Waals surface area contributed by atoms with E-state index in [1.165, 1.54) is 7.11 Å². The molecule has 2 N–H and O–H groups in total. The number of aryl methyl sites for hydroxylation is 1. The number of nitrogens with one attached hydrogen (secondary N) is 2. The number of para-hydroxylation sites is 2. The van der Waals surface area contributed by atoms with Crippen molar-refractivity contribution in [2.45, 2.75) is 12.8 Å². The quantitative estimate of drug-likeness (QED) is 0.611. The van der Waals surface area contributed by atoms with Crippen LogP contribution in [0.1, 0.15) is 12.0 Å². The lowest BCUT2D eigenvalue weighted by Gasteiger charge is -2.11. The fraction of sp³-hybridized carbons (Fsp3) is 0.300. The van der Waals surface area contributed by atoms with Gasteiger partial charge in [0.1, 0.15) is 0 Å². The number of amides is 2. The first-order chi connectivity index (χ1) is 13.1. The van der Waals surface area contributed by atoms with Crippen molar-refractivity contribution in [2.24, 2.45) is 0 Å². The van der Waals surface area contributed by atoms with Crippen molar-refractivity contribution in [2.75, 3.05) is 26.8 Å². The van der Waals surface area contributed by atoms with Crippen LogP contribution in [0, 0.1) is 0 Å². The molecule has 0 fully saturated rings. The smallest absolute Gasteiger partial charge is 0.258 e. The van der Waals surface area contributed by atoms with Gasteiger partial charge in [-0.25, -0.2) is 0 Å². The van der Waals surface area contributed by atoms with E-state index in [2.05, 4.69) is 10.6 Å². The van der Waals surface area contributed by atoms with Crippen molar-refractivity contribution in [3.05, 3.63) is 59.1 Å². The number of ether oxygens (including phenoxy) is 2. The summed E-state index contributed by atoms with van der Waals surface area (Å²) in [5, 5.41) is 6.14. The van der Waals surface area contributed by atoms with Crippen LogP contribution in [-0.2, 0) is 16.0 Å². The van der Waals surface area contributed by atoms with E-state index >= 15 is 0 Å². The maximum Gasteiger partial charge on any atom is 0.258 e. The van der Waals surface area contributed by atoms with Crippen LogP contribution < -0.4 is 20.1 Å². The van der Waals surface area contributed by atoms with E-state index in [0.717, 1.165) is 5.56 Å². The van der Waals surface area contributed by atoms with Gasteiger partial charge in [-0.15, -0.1) is 0 Å². The molecule has 0 aliphatic carbocycles. The van der Waals surface area contributed by atoms with E-state index in [1.807, 2.05) is 18.2 Å². The summed E-state index contributed by atoms with van der Waals surface area (Å²) in [6.45, 7) is 0.575. The van der Waals surface area contributed by atoms with Crippen LogP contribution in [0.2, 0.25) is 5.02 Å². The molecule has 2 aromatic rings. The molecule has 0 saturated heterocycles. The fourth-order valence-corrected chi connectivity index (χ4v) is 2.46. The van der Waals surface area contributed by atoms with Crippen LogP contribution in [0.15, 0.2) is 48.5 Å². The Morgan fingerprint density at radius 2 is 1.56 bits per heavy atom. The molecule has 0 saturated carbocycles. The van der Waals surface area contributed by atoms with Crippen LogP contribution in [0.25, 0.3) is 0 Å². The SMILES string of the molecule is COc1ccccc1OCC(=O)NCCNC(=O)CCc1ccc(Cl)cc1. The van der Waals surface area contributed by atoms with Crippen molar-refractivity contribution in [1.29, 1.82) is 0 Å². The van der Waals surface area contributed by atoms with Crippen LogP contribution in [0.5, 0.6) is 11.5 Å². The predicted molar refractivity (Wildman–Crippen MR) is 104 cm³/mol. The van der Waals surface area contributed by atoms with E-state index < -0.39 is 0 Å². The fourth-order valence-electron chi connectivity index (χ4n) is 2.33. The number of carbonyl (C=O) groups excluding carboxylic acids is 2. The normalized spacial score (nSPS) is 10.1. The molecule has 144 valence electrons. The van der Waals surface area contributed by atoms with Gasteiger partial charge in [-0.1, -0.05) is 35.9 Å². The van der Waals surface area contributed by atoms with E-state index in [-0.39, 0.29) is 18.4 Å². The zero-order chi connectivity index (χ0) is 19.5. The second kappa shape index (κ2) is 11.1. The van der Waals surface area contributed by atoms with Crippen LogP contribution in [-0.4, -0.2) is 38.6 Å². The Morgan fingerprint density at radius 1 is 0.926 bits per heavy atom. The lowest BCUT2D eigenvalue weighted by molar-refractivity contribution is -0.124. The van der Waals surface area contributed by atoms with Crippen molar-refractivity contribution in [1.82, 2.24) is 10.6 Å². The highest BCUT2D eigenvalue weighted by atomic mass is 35.5. The average Bonchev–Trinajstić information content (AvgIpc) is 2.69. The highest BCUT2D eigenvalue weighted by molar-refractivity contribution is 6.30. The summed E-state index contributed by atoms with van der Waals surface area (Å²) in [6.07, 6.45) is 1.02. The van der Waals surface area contributed by atoms with Crippen LogP contribution in [0.3, 0.4) is 0 Å². The van der Waals surface area contributed by atoms with Crippen molar-refractivity contribution in [3.63, 3.8) is 0 Å². The molecule has 0 atom stereocenters. The zero-order valence-corrected chi connectivity index (χ0v) is 15.9.